The Morgan fingerprint density at radius 3 is 2.79 bits per heavy atom. The van der Waals surface area contributed by atoms with E-state index in [0.717, 1.165) is 0 Å². The van der Waals surface area contributed by atoms with E-state index in [9.17, 15) is 5.11 Å². The van der Waals surface area contributed by atoms with Gasteiger partial charge < -0.3 is 15.5 Å². The second-order valence-electron chi connectivity index (χ2n) is 3.37. The maximum absolute atomic E-state index is 9.47. The van der Waals surface area contributed by atoms with Gasteiger partial charge in [-0.05, 0) is 19.1 Å². The van der Waals surface area contributed by atoms with Crippen molar-refractivity contribution >= 4 is 17.4 Å². The molecule has 4 nitrogen and oxygen atoms in total. The predicted molar refractivity (Wildman–Crippen MR) is 55.4 cm³/mol. The van der Waals surface area contributed by atoms with Gasteiger partial charge in [-0.1, -0.05) is 11.6 Å². The summed E-state index contributed by atoms with van der Waals surface area (Å²) < 4.78 is 0. The molecule has 78 valence electrons. The van der Waals surface area contributed by atoms with Gasteiger partial charge in [0.05, 0.1) is 11.6 Å². The van der Waals surface area contributed by atoms with Crippen LogP contribution >= 0.6 is 11.6 Å². The lowest BCUT2D eigenvalue weighted by Crippen LogP contribution is -2.37. The zero-order valence-electron chi connectivity index (χ0n) is 7.87. The lowest BCUT2D eigenvalue weighted by atomic mass is 10.1. The van der Waals surface area contributed by atoms with Crippen molar-refractivity contribution in [3.8, 4) is 0 Å². The number of hydrogen-bond acceptors (Lipinski definition) is 4. The highest BCUT2D eigenvalue weighted by Crippen LogP contribution is 2.10. The van der Waals surface area contributed by atoms with Crippen LogP contribution in [0.25, 0.3) is 0 Å². The monoisotopic (exact) mass is 216 g/mol. The van der Waals surface area contributed by atoms with Gasteiger partial charge in [-0.2, -0.15) is 0 Å². The van der Waals surface area contributed by atoms with Crippen LogP contribution in [-0.4, -0.2) is 33.9 Å². The van der Waals surface area contributed by atoms with Crippen molar-refractivity contribution in [1.29, 1.82) is 0 Å². The second-order valence-corrected chi connectivity index (χ2v) is 3.81. The molecule has 0 aliphatic heterocycles. The second kappa shape index (κ2) is 4.59. The number of aliphatic hydroxyl groups excluding tert-OH is 1. The molecule has 0 saturated carbocycles. The molecule has 0 bridgehead atoms. The third-order valence-corrected chi connectivity index (χ3v) is 1.94. The lowest BCUT2D eigenvalue weighted by Gasteiger charge is -2.20. The molecule has 1 heterocycles. The molecule has 0 amide bonds. The van der Waals surface area contributed by atoms with Gasteiger partial charge in [-0.25, -0.2) is 4.98 Å². The van der Waals surface area contributed by atoms with Crippen LogP contribution in [0.3, 0.4) is 0 Å². The van der Waals surface area contributed by atoms with Crippen LogP contribution in [0.15, 0.2) is 18.3 Å². The lowest BCUT2D eigenvalue weighted by molar-refractivity contribution is 0.0132. The largest absolute Gasteiger partial charge is 0.393 e. The summed E-state index contributed by atoms with van der Waals surface area (Å²) in [4.78, 5) is 3.98. The van der Waals surface area contributed by atoms with Gasteiger partial charge in [0.25, 0.3) is 0 Å². The molecule has 0 spiro atoms. The van der Waals surface area contributed by atoms with E-state index in [-0.39, 0.29) is 13.2 Å². The summed E-state index contributed by atoms with van der Waals surface area (Å²) in [5.74, 6) is 0.614. The highest BCUT2D eigenvalue weighted by atomic mass is 35.5. The summed E-state index contributed by atoms with van der Waals surface area (Å²) in [7, 11) is 0. The van der Waals surface area contributed by atoms with Gasteiger partial charge in [-0.15, -0.1) is 0 Å². The number of nitrogens with zero attached hydrogens (tertiary/aromatic N) is 1. The first-order valence-corrected chi connectivity index (χ1v) is 4.60. The first-order chi connectivity index (χ1) is 6.53. The number of nitrogens with one attached hydrogen (secondary N) is 1. The summed E-state index contributed by atoms with van der Waals surface area (Å²) in [6.07, 6.45) is 1.51. The molecule has 0 saturated heterocycles. The van der Waals surface area contributed by atoms with E-state index >= 15 is 0 Å². The molecular formula is C9H13ClN2O2. The van der Waals surface area contributed by atoms with Crippen LogP contribution in [0.2, 0.25) is 5.02 Å². The van der Waals surface area contributed by atoms with Crippen molar-refractivity contribution in [3.63, 3.8) is 0 Å². The Morgan fingerprint density at radius 1 is 1.57 bits per heavy atom. The standard InChI is InChI=1S/C9H13ClN2O2/c1-9(14,6-13)5-12-8-3-2-7(10)4-11-8/h2-4,13-14H,5-6H2,1H3,(H,11,12). The first kappa shape index (κ1) is 11.2. The Kier molecular flexibility index (Phi) is 3.69. The molecule has 1 atom stereocenters. The smallest absolute Gasteiger partial charge is 0.126 e. The molecule has 1 aromatic heterocycles. The van der Waals surface area contributed by atoms with Gasteiger partial charge in [0.2, 0.25) is 0 Å². The summed E-state index contributed by atoms with van der Waals surface area (Å²) in [6, 6.07) is 3.40. The van der Waals surface area contributed by atoms with Gasteiger partial charge in [0, 0.05) is 12.7 Å². The Morgan fingerprint density at radius 2 is 2.29 bits per heavy atom. The van der Waals surface area contributed by atoms with Crippen LogP contribution in [0.5, 0.6) is 0 Å². The summed E-state index contributed by atoms with van der Waals surface area (Å²) in [5.41, 5.74) is -1.14. The zero-order valence-corrected chi connectivity index (χ0v) is 8.62. The number of anilines is 1. The molecule has 0 aliphatic carbocycles. The predicted octanol–water partition coefficient (Wildman–Crippen LogP) is 0.890. The average molecular weight is 217 g/mol. The minimum absolute atomic E-state index is 0.234. The zero-order chi connectivity index (χ0) is 10.6. The van der Waals surface area contributed by atoms with Crippen LogP contribution < -0.4 is 5.32 Å². The van der Waals surface area contributed by atoms with Crippen LogP contribution in [0.4, 0.5) is 5.82 Å². The van der Waals surface area contributed by atoms with Crippen LogP contribution in [0.1, 0.15) is 6.92 Å². The molecule has 14 heavy (non-hydrogen) atoms. The molecule has 0 fully saturated rings. The van der Waals surface area contributed by atoms with E-state index in [1.54, 1.807) is 12.1 Å². The van der Waals surface area contributed by atoms with Crippen molar-refractivity contribution in [2.75, 3.05) is 18.5 Å². The van der Waals surface area contributed by atoms with Crippen molar-refractivity contribution in [2.24, 2.45) is 0 Å². The third-order valence-electron chi connectivity index (χ3n) is 1.72. The van der Waals surface area contributed by atoms with E-state index < -0.39 is 5.60 Å². The maximum Gasteiger partial charge on any atom is 0.126 e. The first-order valence-electron chi connectivity index (χ1n) is 4.22. The van der Waals surface area contributed by atoms with Crippen molar-refractivity contribution < 1.29 is 10.2 Å². The third kappa shape index (κ3) is 3.49. The summed E-state index contributed by atoms with van der Waals surface area (Å²) in [5, 5.41) is 21.7. The number of halogens is 1. The van der Waals surface area contributed by atoms with E-state index in [1.807, 2.05) is 0 Å². The quantitative estimate of drug-likeness (QED) is 0.700. The molecule has 5 heteroatoms. The number of rotatable bonds is 4. The number of aliphatic hydroxyl groups is 2. The van der Waals surface area contributed by atoms with E-state index in [0.29, 0.717) is 10.8 Å². The SMILES string of the molecule is CC(O)(CO)CNc1ccc(Cl)cn1. The van der Waals surface area contributed by atoms with Gasteiger partial charge in [0.15, 0.2) is 0 Å². The van der Waals surface area contributed by atoms with Gasteiger partial charge >= 0.3 is 0 Å². The Labute approximate surface area is 87.6 Å². The van der Waals surface area contributed by atoms with Crippen molar-refractivity contribution in [1.82, 2.24) is 4.98 Å². The average Bonchev–Trinajstić information content (AvgIpc) is 2.17. The fourth-order valence-corrected chi connectivity index (χ4v) is 0.929. The topological polar surface area (TPSA) is 65.4 Å². The fourth-order valence-electron chi connectivity index (χ4n) is 0.817. The van der Waals surface area contributed by atoms with Crippen LogP contribution in [0, 0.1) is 0 Å². The molecule has 1 rings (SSSR count). The van der Waals surface area contributed by atoms with Crippen molar-refractivity contribution in [2.45, 2.75) is 12.5 Å². The van der Waals surface area contributed by atoms with Gasteiger partial charge in [0.1, 0.15) is 11.4 Å². The van der Waals surface area contributed by atoms with Crippen molar-refractivity contribution in [3.05, 3.63) is 23.4 Å². The summed E-state index contributed by atoms with van der Waals surface area (Å²) >= 11 is 5.65. The molecular weight excluding hydrogens is 204 g/mol. The Balaban J connectivity index is 2.50. The molecule has 1 unspecified atom stereocenters. The minimum atomic E-state index is -1.14. The van der Waals surface area contributed by atoms with Gasteiger partial charge in [-0.3, -0.25) is 0 Å². The molecule has 0 aromatic carbocycles. The number of hydrogen-bond donors (Lipinski definition) is 3. The summed E-state index contributed by atoms with van der Waals surface area (Å²) in [6.45, 7) is 1.47. The molecule has 0 aliphatic rings. The molecule has 0 radical (unpaired) electrons. The number of pyridine rings is 1. The molecule has 1 aromatic rings. The van der Waals surface area contributed by atoms with E-state index in [1.165, 1.54) is 13.1 Å². The maximum atomic E-state index is 9.47. The number of aromatic nitrogens is 1. The highest BCUT2D eigenvalue weighted by molar-refractivity contribution is 6.30. The highest BCUT2D eigenvalue weighted by Gasteiger charge is 2.18. The fraction of sp³-hybridized carbons (Fsp3) is 0.444. The Bertz CT molecular complexity index is 287. The Hall–Kier alpha value is -0.840. The minimum Gasteiger partial charge on any atom is -0.393 e. The molecule has 3 N–H and O–H groups in total. The van der Waals surface area contributed by atoms with Crippen LogP contribution in [-0.2, 0) is 0 Å². The van der Waals surface area contributed by atoms with E-state index in [4.69, 9.17) is 16.7 Å². The normalized spacial score (nSPS) is 14.9. The van der Waals surface area contributed by atoms with E-state index in [2.05, 4.69) is 10.3 Å².